The SMILES string of the molecule is O=C(NCCCN1CCOCC1)[C@H]1CCCN(S(=O)(=O)c2ccccc2)C1. The van der Waals surface area contributed by atoms with Crippen molar-refractivity contribution in [2.75, 3.05) is 52.5 Å². The van der Waals surface area contributed by atoms with Crippen molar-refractivity contribution in [2.45, 2.75) is 24.2 Å². The summed E-state index contributed by atoms with van der Waals surface area (Å²) in [5.74, 6) is -0.314. The molecule has 7 nitrogen and oxygen atoms in total. The van der Waals surface area contributed by atoms with Crippen molar-refractivity contribution >= 4 is 15.9 Å². The standard InChI is InChI=1S/C19H29N3O4S/c23-19(20-9-5-10-21-12-14-26-15-13-21)17-6-4-11-22(16-17)27(24,25)18-7-2-1-3-8-18/h1-3,7-8,17H,4-6,9-16H2,(H,20,23)/t17-/m0/s1. The van der Waals surface area contributed by atoms with Crippen molar-refractivity contribution in [3.63, 3.8) is 0 Å². The molecule has 2 fully saturated rings. The molecule has 0 unspecified atom stereocenters. The van der Waals surface area contributed by atoms with E-state index in [0.29, 0.717) is 19.5 Å². The summed E-state index contributed by atoms with van der Waals surface area (Å²) in [5, 5.41) is 2.99. The summed E-state index contributed by atoms with van der Waals surface area (Å²) >= 11 is 0. The Kier molecular flexibility index (Phi) is 7.23. The van der Waals surface area contributed by atoms with Gasteiger partial charge in [0, 0.05) is 32.7 Å². The summed E-state index contributed by atoms with van der Waals surface area (Å²) in [6.45, 7) is 5.75. The van der Waals surface area contributed by atoms with Crippen molar-refractivity contribution in [3.05, 3.63) is 30.3 Å². The van der Waals surface area contributed by atoms with Crippen LogP contribution in [0.4, 0.5) is 0 Å². The Morgan fingerprint density at radius 1 is 1.15 bits per heavy atom. The first-order chi connectivity index (χ1) is 13.1. The molecule has 0 radical (unpaired) electrons. The number of nitrogens with zero attached hydrogens (tertiary/aromatic N) is 2. The van der Waals surface area contributed by atoms with Crippen LogP contribution >= 0.6 is 0 Å². The summed E-state index contributed by atoms with van der Waals surface area (Å²) < 4.78 is 32.3. The van der Waals surface area contributed by atoms with E-state index in [-0.39, 0.29) is 23.3 Å². The van der Waals surface area contributed by atoms with Crippen LogP contribution in [0.5, 0.6) is 0 Å². The van der Waals surface area contributed by atoms with Gasteiger partial charge in [-0.1, -0.05) is 18.2 Å². The second kappa shape index (κ2) is 9.64. The maximum absolute atomic E-state index is 12.8. The van der Waals surface area contributed by atoms with Crippen LogP contribution in [0.3, 0.4) is 0 Å². The first-order valence-electron chi connectivity index (χ1n) is 9.70. The Hall–Kier alpha value is -1.48. The van der Waals surface area contributed by atoms with E-state index in [9.17, 15) is 13.2 Å². The molecule has 150 valence electrons. The van der Waals surface area contributed by atoms with Gasteiger partial charge in [-0.05, 0) is 37.9 Å². The van der Waals surface area contributed by atoms with Gasteiger partial charge in [-0.15, -0.1) is 0 Å². The van der Waals surface area contributed by atoms with Gasteiger partial charge >= 0.3 is 0 Å². The third-order valence-corrected chi connectivity index (χ3v) is 7.07. The molecule has 0 aromatic heterocycles. The lowest BCUT2D eigenvalue weighted by molar-refractivity contribution is -0.126. The number of hydrogen-bond donors (Lipinski definition) is 1. The summed E-state index contributed by atoms with van der Waals surface area (Å²) in [6.07, 6.45) is 2.33. The second-order valence-corrected chi connectivity index (χ2v) is 9.05. The quantitative estimate of drug-likeness (QED) is 0.695. The minimum Gasteiger partial charge on any atom is -0.379 e. The molecular formula is C19H29N3O4S. The normalized spacial score (nSPS) is 22.4. The predicted molar refractivity (Wildman–Crippen MR) is 103 cm³/mol. The molecule has 0 saturated carbocycles. The van der Waals surface area contributed by atoms with Crippen LogP contribution in [-0.4, -0.2) is 76.0 Å². The number of benzene rings is 1. The number of amides is 1. The average molecular weight is 396 g/mol. The summed E-state index contributed by atoms with van der Waals surface area (Å²) in [4.78, 5) is 15.1. The second-order valence-electron chi connectivity index (χ2n) is 7.11. The number of rotatable bonds is 7. The number of piperidine rings is 1. The van der Waals surface area contributed by atoms with Crippen molar-refractivity contribution in [2.24, 2.45) is 5.92 Å². The van der Waals surface area contributed by atoms with E-state index in [1.165, 1.54) is 4.31 Å². The van der Waals surface area contributed by atoms with Gasteiger partial charge < -0.3 is 10.1 Å². The minimum absolute atomic E-state index is 0.0371. The fourth-order valence-corrected chi connectivity index (χ4v) is 5.14. The maximum atomic E-state index is 12.8. The molecule has 2 saturated heterocycles. The lowest BCUT2D eigenvalue weighted by atomic mass is 9.99. The van der Waals surface area contributed by atoms with Crippen molar-refractivity contribution in [3.8, 4) is 0 Å². The largest absolute Gasteiger partial charge is 0.379 e. The lowest BCUT2D eigenvalue weighted by Gasteiger charge is -2.31. The van der Waals surface area contributed by atoms with Gasteiger partial charge in [-0.2, -0.15) is 4.31 Å². The molecule has 2 heterocycles. The van der Waals surface area contributed by atoms with Gasteiger partial charge in [0.2, 0.25) is 15.9 Å². The summed E-state index contributed by atoms with van der Waals surface area (Å²) in [7, 11) is -3.53. The van der Waals surface area contributed by atoms with E-state index in [0.717, 1.165) is 45.7 Å². The molecule has 0 spiro atoms. The van der Waals surface area contributed by atoms with Crippen LogP contribution in [0.25, 0.3) is 0 Å². The Labute approximate surface area is 161 Å². The predicted octanol–water partition coefficient (Wildman–Crippen LogP) is 0.926. The lowest BCUT2D eigenvalue weighted by Crippen LogP contribution is -2.45. The fraction of sp³-hybridized carbons (Fsp3) is 0.632. The third-order valence-electron chi connectivity index (χ3n) is 5.19. The molecule has 27 heavy (non-hydrogen) atoms. The van der Waals surface area contributed by atoms with Crippen molar-refractivity contribution < 1.29 is 17.9 Å². The zero-order valence-corrected chi connectivity index (χ0v) is 16.5. The Morgan fingerprint density at radius 3 is 2.63 bits per heavy atom. The Balaban J connectivity index is 1.46. The van der Waals surface area contributed by atoms with Gasteiger partial charge in [-0.25, -0.2) is 8.42 Å². The van der Waals surface area contributed by atoms with Gasteiger partial charge in [0.05, 0.1) is 24.0 Å². The minimum atomic E-state index is -3.53. The number of hydrogen-bond acceptors (Lipinski definition) is 5. The third kappa shape index (κ3) is 5.51. The van der Waals surface area contributed by atoms with E-state index >= 15 is 0 Å². The Bertz CT molecular complexity index is 705. The highest BCUT2D eigenvalue weighted by Gasteiger charge is 2.33. The molecule has 1 aromatic carbocycles. The summed E-state index contributed by atoms with van der Waals surface area (Å²) in [6, 6.07) is 8.43. The maximum Gasteiger partial charge on any atom is 0.243 e. The number of nitrogens with one attached hydrogen (secondary N) is 1. The first kappa shape index (κ1) is 20.3. The van der Waals surface area contributed by atoms with Crippen LogP contribution < -0.4 is 5.32 Å². The van der Waals surface area contributed by atoms with E-state index in [4.69, 9.17) is 4.74 Å². The van der Waals surface area contributed by atoms with Crippen LogP contribution in [0.2, 0.25) is 0 Å². The molecule has 1 atom stereocenters. The van der Waals surface area contributed by atoms with Crippen LogP contribution in [0.15, 0.2) is 35.2 Å². The van der Waals surface area contributed by atoms with E-state index < -0.39 is 10.0 Å². The summed E-state index contributed by atoms with van der Waals surface area (Å²) in [5.41, 5.74) is 0. The van der Waals surface area contributed by atoms with Crippen LogP contribution in [0.1, 0.15) is 19.3 Å². The molecule has 0 aliphatic carbocycles. The van der Waals surface area contributed by atoms with Crippen LogP contribution in [0, 0.1) is 5.92 Å². The van der Waals surface area contributed by atoms with Gasteiger partial charge in [0.15, 0.2) is 0 Å². The Morgan fingerprint density at radius 2 is 1.89 bits per heavy atom. The molecular weight excluding hydrogens is 366 g/mol. The average Bonchev–Trinajstić information content (AvgIpc) is 2.72. The van der Waals surface area contributed by atoms with E-state index in [2.05, 4.69) is 10.2 Å². The molecule has 3 rings (SSSR count). The zero-order valence-electron chi connectivity index (χ0n) is 15.7. The fourth-order valence-electron chi connectivity index (χ4n) is 3.60. The number of morpholine rings is 1. The van der Waals surface area contributed by atoms with Crippen molar-refractivity contribution in [1.82, 2.24) is 14.5 Å². The van der Waals surface area contributed by atoms with Crippen molar-refractivity contribution in [1.29, 1.82) is 0 Å². The number of ether oxygens (including phenoxy) is 1. The smallest absolute Gasteiger partial charge is 0.243 e. The number of carbonyl (C=O) groups is 1. The number of carbonyl (C=O) groups excluding carboxylic acids is 1. The molecule has 1 amide bonds. The van der Waals surface area contributed by atoms with Gasteiger partial charge in [0.1, 0.15) is 0 Å². The highest BCUT2D eigenvalue weighted by Crippen LogP contribution is 2.23. The first-order valence-corrected chi connectivity index (χ1v) is 11.1. The zero-order chi connectivity index (χ0) is 19.1. The van der Waals surface area contributed by atoms with E-state index in [1.54, 1.807) is 30.3 Å². The monoisotopic (exact) mass is 395 g/mol. The number of sulfonamides is 1. The topological polar surface area (TPSA) is 79.0 Å². The highest BCUT2D eigenvalue weighted by atomic mass is 32.2. The molecule has 1 aromatic rings. The van der Waals surface area contributed by atoms with Crippen LogP contribution in [-0.2, 0) is 19.6 Å². The van der Waals surface area contributed by atoms with E-state index in [1.807, 2.05) is 0 Å². The van der Waals surface area contributed by atoms with Gasteiger partial charge in [-0.3, -0.25) is 9.69 Å². The molecule has 8 heteroatoms. The molecule has 2 aliphatic heterocycles. The molecule has 1 N–H and O–H groups in total. The van der Waals surface area contributed by atoms with Gasteiger partial charge in [0.25, 0.3) is 0 Å². The molecule has 0 bridgehead atoms. The highest BCUT2D eigenvalue weighted by molar-refractivity contribution is 7.89. The molecule has 2 aliphatic rings.